The van der Waals surface area contributed by atoms with Crippen molar-refractivity contribution in [1.29, 1.82) is 0 Å². The minimum atomic E-state index is -0.437. The molecule has 2 heteroatoms. The molecule has 0 aliphatic carbocycles. The maximum absolute atomic E-state index is 10.1. The topological polar surface area (TPSA) is 32.3 Å². The van der Waals surface area contributed by atoms with Gasteiger partial charge >= 0.3 is 0 Å². The van der Waals surface area contributed by atoms with Crippen LogP contribution in [0, 0.1) is 6.92 Å². The van der Waals surface area contributed by atoms with Crippen molar-refractivity contribution in [3.05, 3.63) is 35.4 Å². The highest BCUT2D eigenvalue weighted by atomic mass is 16.3. The fourth-order valence-corrected chi connectivity index (χ4v) is 1.67. The third-order valence-corrected chi connectivity index (χ3v) is 2.49. The van der Waals surface area contributed by atoms with E-state index in [0.29, 0.717) is 6.04 Å². The molecule has 0 amide bonds. The Morgan fingerprint density at radius 1 is 1.07 bits per heavy atom. The Morgan fingerprint density at radius 3 is 2.07 bits per heavy atom. The lowest BCUT2D eigenvalue weighted by molar-refractivity contribution is 0.132. The van der Waals surface area contributed by atoms with Crippen LogP contribution in [0.5, 0.6) is 0 Å². The maximum atomic E-state index is 10.1. The van der Waals surface area contributed by atoms with Crippen LogP contribution in [0.25, 0.3) is 0 Å². The standard InChI is InChI=1S/C13H21NO/c1-9(2)14-11(4)13(15)12-7-5-10(3)6-8-12/h5-9,11,13-15H,1-4H3. The summed E-state index contributed by atoms with van der Waals surface area (Å²) in [5, 5.41) is 13.4. The first-order chi connectivity index (χ1) is 7.00. The van der Waals surface area contributed by atoms with Gasteiger partial charge in [-0.2, -0.15) is 0 Å². The molecule has 0 saturated heterocycles. The first-order valence-corrected chi connectivity index (χ1v) is 5.51. The van der Waals surface area contributed by atoms with E-state index in [0.717, 1.165) is 5.56 Å². The number of rotatable bonds is 4. The molecule has 0 bridgehead atoms. The van der Waals surface area contributed by atoms with Crippen LogP contribution in [-0.4, -0.2) is 17.2 Å². The van der Waals surface area contributed by atoms with Gasteiger partial charge in [0.15, 0.2) is 0 Å². The number of benzene rings is 1. The second-order valence-electron chi connectivity index (χ2n) is 4.47. The van der Waals surface area contributed by atoms with Gasteiger partial charge in [-0.15, -0.1) is 0 Å². The Hall–Kier alpha value is -0.860. The molecule has 2 atom stereocenters. The second-order valence-corrected chi connectivity index (χ2v) is 4.47. The maximum Gasteiger partial charge on any atom is 0.0940 e. The van der Waals surface area contributed by atoms with Crippen LogP contribution in [0.1, 0.15) is 38.0 Å². The molecule has 0 aliphatic rings. The van der Waals surface area contributed by atoms with Gasteiger partial charge in [0.1, 0.15) is 0 Å². The molecule has 2 N–H and O–H groups in total. The van der Waals surface area contributed by atoms with Gasteiger partial charge in [0.2, 0.25) is 0 Å². The molecule has 0 spiro atoms. The summed E-state index contributed by atoms with van der Waals surface area (Å²) in [5.41, 5.74) is 2.19. The van der Waals surface area contributed by atoms with Crippen molar-refractivity contribution in [2.75, 3.05) is 0 Å². The lowest BCUT2D eigenvalue weighted by atomic mass is 10.0. The highest BCUT2D eigenvalue weighted by molar-refractivity contribution is 5.23. The van der Waals surface area contributed by atoms with Crippen LogP contribution in [0.4, 0.5) is 0 Å². The monoisotopic (exact) mass is 207 g/mol. The number of aliphatic hydroxyl groups is 1. The normalized spacial score (nSPS) is 15.3. The molecule has 1 aromatic rings. The zero-order valence-corrected chi connectivity index (χ0v) is 9.99. The average Bonchev–Trinajstić information content (AvgIpc) is 2.17. The van der Waals surface area contributed by atoms with E-state index < -0.39 is 6.10 Å². The molecule has 0 saturated carbocycles. The van der Waals surface area contributed by atoms with Crippen LogP contribution in [0.2, 0.25) is 0 Å². The first kappa shape index (κ1) is 12.2. The van der Waals surface area contributed by atoms with Crippen LogP contribution in [-0.2, 0) is 0 Å². The summed E-state index contributed by atoms with van der Waals surface area (Å²) >= 11 is 0. The van der Waals surface area contributed by atoms with Gasteiger partial charge in [0.25, 0.3) is 0 Å². The van der Waals surface area contributed by atoms with E-state index in [2.05, 4.69) is 19.2 Å². The Balaban J connectivity index is 2.67. The fourth-order valence-electron chi connectivity index (χ4n) is 1.67. The van der Waals surface area contributed by atoms with Crippen molar-refractivity contribution >= 4 is 0 Å². The summed E-state index contributed by atoms with van der Waals surface area (Å²) in [4.78, 5) is 0. The summed E-state index contributed by atoms with van der Waals surface area (Å²) in [7, 11) is 0. The Labute approximate surface area is 92.3 Å². The van der Waals surface area contributed by atoms with E-state index >= 15 is 0 Å². The van der Waals surface area contributed by atoms with E-state index in [-0.39, 0.29) is 6.04 Å². The zero-order chi connectivity index (χ0) is 11.4. The van der Waals surface area contributed by atoms with Crippen molar-refractivity contribution in [1.82, 2.24) is 5.32 Å². The van der Waals surface area contributed by atoms with Gasteiger partial charge in [0, 0.05) is 12.1 Å². The van der Waals surface area contributed by atoms with E-state index in [1.165, 1.54) is 5.56 Å². The highest BCUT2D eigenvalue weighted by Gasteiger charge is 2.16. The van der Waals surface area contributed by atoms with Gasteiger partial charge in [-0.05, 0) is 19.4 Å². The van der Waals surface area contributed by atoms with Crippen molar-refractivity contribution in [3.63, 3.8) is 0 Å². The number of aliphatic hydroxyl groups excluding tert-OH is 1. The SMILES string of the molecule is Cc1ccc(C(O)C(C)NC(C)C)cc1. The summed E-state index contributed by atoms with van der Waals surface area (Å²) in [5.74, 6) is 0. The molecule has 15 heavy (non-hydrogen) atoms. The van der Waals surface area contributed by atoms with Gasteiger partial charge < -0.3 is 10.4 Å². The van der Waals surface area contributed by atoms with Gasteiger partial charge in [0.05, 0.1) is 6.10 Å². The van der Waals surface area contributed by atoms with Crippen LogP contribution in [0.15, 0.2) is 24.3 Å². The van der Waals surface area contributed by atoms with E-state index in [9.17, 15) is 5.11 Å². The number of hydrogen-bond donors (Lipinski definition) is 2. The van der Waals surface area contributed by atoms with Crippen molar-refractivity contribution in [3.8, 4) is 0 Å². The molecular weight excluding hydrogens is 186 g/mol. The predicted octanol–water partition coefficient (Wildman–Crippen LogP) is 2.41. The molecule has 0 fully saturated rings. The smallest absolute Gasteiger partial charge is 0.0940 e. The largest absolute Gasteiger partial charge is 0.387 e. The molecule has 0 aliphatic heterocycles. The summed E-state index contributed by atoms with van der Waals surface area (Å²) in [6.07, 6.45) is -0.437. The van der Waals surface area contributed by atoms with Crippen LogP contribution >= 0.6 is 0 Å². The molecule has 0 radical (unpaired) electrons. The summed E-state index contributed by atoms with van der Waals surface area (Å²) in [6.45, 7) is 8.22. The quantitative estimate of drug-likeness (QED) is 0.794. The van der Waals surface area contributed by atoms with Gasteiger partial charge in [-0.25, -0.2) is 0 Å². The predicted molar refractivity (Wildman–Crippen MR) is 63.9 cm³/mol. The summed E-state index contributed by atoms with van der Waals surface area (Å²) < 4.78 is 0. The number of aryl methyl sites for hydroxylation is 1. The third kappa shape index (κ3) is 3.65. The molecule has 0 aromatic heterocycles. The van der Waals surface area contributed by atoms with Gasteiger partial charge in [-0.3, -0.25) is 0 Å². The summed E-state index contributed by atoms with van der Waals surface area (Å²) in [6, 6.07) is 8.49. The Bertz CT molecular complexity index is 292. The van der Waals surface area contributed by atoms with Crippen molar-refractivity contribution in [2.45, 2.75) is 45.9 Å². The van der Waals surface area contributed by atoms with Crippen LogP contribution < -0.4 is 5.32 Å². The average molecular weight is 207 g/mol. The van der Waals surface area contributed by atoms with Crippen LogP contribution in [0.3, 0.4) is 0 Å². The van der Waals surface area contributed by atoms with E-state index in [1.807, 2.05) is 38.1 Å². The lowest BCUT2D eigenvalue weighted by Crippen LogP contribution is -2.36. The minimum absolute atomic E-state index is 0.0766. The van der Waals surface area contributed by atoms with Crippen molar-refractivity contribution in [2.24, 2.45) is 0 Å². The minimum Gasteiger partial charge on any atom is -0.387 e. The van der Waals surface area contributed by atoms with E-state index in [1.54, 1.807) is 0 Å². The number of hydrogen-bond acceptors (Lipinski definition) is 2. The van der Waals surface area contributed by atoms with Crippen molar-refractivity contribution < 1.29 is 5.11 Å². The zero-order valence-electron chi connectivity index (χ0n) is 9.99. The van der Waals surface area contributed by atoms with Gasteiger partial charge in [-0.1, -0.05) is 43.7 Å². The molecule has 0 heterocycles. The molecule has 2 nitrogen and oxygen atoms in total. The molecule has 1 rings (SSSR count). The molecule has 84 valence electrons. The molecular formula is C13H21NO. The Kier molecular flexibility index (Phi) is 4.30. The lowest BCUT2D eigenvalue weighted by Gasteiger charge is -2.22. The van der Waals surface area contributed by atoms with E-state index in [4.69, 9.17) is 0 Å². The highest BCUT2D eigenvalue weighted by Crippen LogP contribution is 2.17. The fraction of sp³-hybridized carbons (Fsp3) is 0.538. The first-order valence-electron chi connectivity index (χ1n) is 5.51. The molecule has 2 unspecified atom stereocenters. The Morgan fingerprint density at radius 2 is 1.60 bits per heavy atom. The molecule has 1 aromatic carbocycles. The number of nitrogens with one attached hydrogen (secondary N) is 1. The third-order valence-electron chi connectivity index (χ3n) is 2.49. The second kappa shape index (κ2) is 5.29.